The first-order chi connectivity index (χ1) is 16.1. The Hall–Kier alpha value is -4.39. The van der Waals surface area contributed by atoms with Crippen LogP contribution in [0.1, 0.15) is 16.8 Å². The Morgan fingerprint density at radius 1 is 0.879 bits per heavy atom. The molecular weight excluding hydrogens is 418 g/mol. The fraction of sp³-hybridized carbons (Fsp3) is 0.115. The van der Waals surface area contributed by atoms with Crippen molar-refractivity contribution in [2.75, 3.05) is 0 Å². The van der Waals surface area contributed by atoms with Crippen LogP contribution in [0.15, 0.2) is 94.3 Å². The molecule has 0 aliphatic heterocycles. The minimum atomic E-state index is -0.394. The average Bonchev–Trinajstić information content (AvgIpc) is 3.31. The number of benzene rings is 3. The zero-order valence-corrected chi connectivity index (χ0v) is 18.0. The number of aryl methyl sites for hydroxylation is 1. The summed E-state index contributed by atoms with van der Waals surface area (Å²) in [4.78, 5) is 11.4. The van der Waals surface area contributed by atoms with Crippen LogP contribution >= 0.6 is 0 Å². The SMILES string of the molecule is Cc1ccccc1COc1ccc(-n2cc(COc3ccc4ccc(=O)oc4c3)nn2)cc1. The molecule has 0 N–H and O–H groups in total. The fourth-order valence-electron chi connectivity index (χ4n) is 3.41. The van der Waals surface area contributed by atoms with E-state index in [2.05, 4.69) is 29.4 Å². The highest BCUT2D eigenvalue weighted by Crippen LogP contribution is 2.21. The van der Waals surface area contributed by atoms with Gasteiger partial charge in [0.1, 0.15) is 36.0 Å². The van der Waals surface area contributed by atoms with Crippen molar-refractivity contribution in [2.45, 2.75) is 20.1 Å². The van der Waals surface area contributed by atoms with Crippen LogP contribution in [0.25, 0.3) is 16.7 Å². The Morgan fingerprint density at radius 3 is 2.48 bits per heavy atom. The van der Waals surface area contributed by atoms with Gasteiger partial charge in [0.25, 0.3) is 0 Å². The van der Waals surface area contributed by atoms with E-state index in [0.717, 1.165) is 22.4 Å². The molecule has 0 radical (unpaired) electrons. The van der Waals surface area contributed by atoms with Crippen molar-refractivity contribution >= 4 is 11.0 Å². The van der Waals surface area contributed by atoms with E-state index in [9.17, 15) is 4.79 Å². The highest BCUT2D eigenvalue weighted by Gasteiger charge is 2.06. The predicted molar refractivity (Wildman–Crippen MR) is 124 cm³/mol. The summed E-state index contributed by atoms with van der Waals surface area (Å²) in [5.41, 5.74) is 3.99. The van der Waals surface area contributed by atoms with Crippen LogP contribution in [-0.4, -0.2) is 15.0 Å². The van der Waals surface area contributed by atoms with Gasteiger partial charge in [-0.15, -0.1) is 5.10 Å². The van der Waals surface area contributed by atoms with Crippen LogP contribution in [0.2, 0.25) is 0 Å². The molecule has 0 amide bonds. The number of fused-ring (bicyclic) bond motifs is 1. The molecule has 0 atom stereocenters. The molecule has 33 heavy (non-hydrogen) atoms. The monoisotopic (exact) mass is 439 g/mol. The molecule has 2 aromatic heterocycles. The van der Waals surface area contributed by atoms with E-state index in [4.69, 9.17) is 13.9 Å². The van der Waals surface area contributed by atoms with Crippen molar-refractivity contribution in [3.8, 4) is 17.2 Å². The van der Waals surface area contributed by atoms with Crippen LogP contribution in [0.4, 0.5) is 0 Å². The number of ether oxygens (including phenoxy) is 2. The molecule has 0 aliphatic rings. The van der Waals surface area contributed by atoms with Crippen LogP contribution < -0.4 is 15.1 Å². The van der Waals surface area contributed by atoms with Crippen molar-refractivity contribution in [1.29, 1.82) is 0 Å². The van der Waals surface area contributed by atoms with Gasteiger partial charge in [0.05, 0.1) is 11.9 Å². The molecule has 5 rings (SSSR count). The van der Waals surface area contributed by atoms with Gasteiger partial charge in [0.2, 0.25) is 0 Å². The molecule has 0 fully saturated rings. The Bertz CT molecular complexity index is 1450. The van der Waals surface area contributed by atoms with Crippen molar-refractivity contribution in [3.63, 3.8) is 0 Å². The zero-order chi connectivity index (χ0) is 22.6. The summed E-state index contributed by atoms with van der Waals surface area (Å²) >= 11 is 0. The van der Waals surface area contributed by atoms with E-state index in [0.29, 0.717) is 23.6 Å². The third-order valence-electron chi connectivity index (χ3n) is 5.28. The Labute approximate surface area is 189 Å². The lowest BCUT2D eigenvalue weighted by Gasteiger charge is -2.09. The normalized spacial score (nSPS) is 10.9. The number of aromatic nitrogens is 3. The second-order valence-corrected chi connectivity index (χ2v) is 7.61. The second kappa shape index (κ2) is 9.00. The predicted octanol–water partition coefficient (Wildman–Crippen LogP) is 4.84. The standard InChI is InChI=1S/C26H21N3O4/c1-18-4-2-3-5-20(18)16-31-23-11-8-22(9-12-23)29-15-21(27-28-29)17-32-24-10-6-19-7-13-26(30)33-25(19)14-24/h2-15H,16-17H2,1H3. The molecule has 3 aromatic carbocycles. The summed E-state index contributed by atoms with van der Waals surface area (Å²) in [5.74, 6) is 1.37. The third kappa shape index (κ3) is 4.77. The highest BCUT2D eigenvalue weighted by atomic mass is 16.5. The number of rotatable bonds is 7. The molecule has 164 valence electrons. The molecule has 0 saturated carbocycles. The van der Waals surface area contributed by atoms with E-state index < -0.39 is 5.63 Å². The first kappa shape index (κ1) is 20.5. The lowest BCUT2D eigenvalue weighted by molar-refractivity contribution is 0.301. The first-order valence-electron chi connectivity index (χ1n) is 10.5. The summed E-state index contributed by atoms with van der Waals surface area (Å²) in [6.07, 6.45) is 1.81. The van der Waals surface area contributed by atoms with Gasteiger partial charge in [-0.1, -0.05) is 29.5 Å². The van der Waals surface area contributed by atoms with E-state index >= 15 is 0 Å². The van der Waals surface area contributed by atoms with E-state index in [1.807, 2.05) is 54.7 Å². The zero-order valence-electron chi connectivity index (χ0n) is 18.0. The summed E-state index contributed by atoms with van der Waals surface area (Å²) < 4.78 is 18.6. The van der Waals surface area contributed by atoms with Gasteiger partial charge >= 0.3 is 5.63 Å². The quantitative estimate of drug-likeness (QED) is 0.338. The largest absolute Gasteiger partial charge is 0.489 e. The molecule has 0 saturated heterocycles. The van der Waals surface area contributed by atoms with Gasteiger partial charge in [-0.3, -0.25) is 0 Å². The molecule has 7 nitrogen and oxygen atoms in total. The first-order valence-corrected chi connectivity index (χ1v) is 10.5. The number of hydrogen-bond donors (Lipinski definition) is 0. The number of nitrogens with zero attached hydrogens (tertiary/aromatic N) is 3. The minimum absolute atomic E-state index is 0.236. The van der Waals surface area contributed by atoms with Gasteiger partial charge in [0.15, 0.2) is 0 Å². The van der Waals surface area contributed by atoms with Gasteiger partial charge in [-0.2, -0.15) is 0 Å². The second-order valence-electron chi connectivity index (χ2n) is 7.61. The highest BCUT2D eigenvalue weighted by molar-refractivity contribution is 5.77. The van der Waals surface area contributed by atoms with Crippen LogP contribution in [0.5, 0.6) is 11.5 Å². The molecule has 0 unspecified atom stereocenters. The van der Waals surface area contributed by atoms with Crippen molar-refractivity contribution in [3.05, 3.63) is 112 Å². The molecule has 2 heterocycles. The van der Waals surface area contributed by atoms with Crippen LogP contribution in [-0.2, 0) is 13.2 Å². The van der Waals surface area contributed by atoms with Crippen molar-refractivity contribution in [1.82, 2.24) is 15.0 Å². The lowest BCUT2D eigenvalue weighted by Crippen LogP contribution is -1.99. The Balaban J connectivity index is 1.21. The average molecular weight is 439 g/mol. The smallest absolute Gasteiger partial charge is 0.336 e. The molecule has 5 aromatic rings. The maximum absolute atomic E-state index is 11.4. The van der Waals surface area contributed by atoms with Crippen LogP contribution in [0.3, 0.4) is 0 Å². The van der Waals surface area contributed by atoms with Gasteiger partial charge < -0.3 is 13.9 Å². The minimum Gasteiger partial charge on any atom is -0.489 e. The molecule has 0 aliphatic carbocycles. The van der Waals surface area contributed by atoms with Gasteiger partial charge in [0, 0.05) is 17.5 Å². The van der Waals surface area contributed by atoms with Crippen LogP contribution in [0, 0.1) is 6.92 Å². The van der Waals surface area contributed by atoms with E-state index in [-0.39, 0.29) is 6.61 Å². The number of hydrogen-bond acceptors (Lipinski definition) is 6. The summed E-state index contributed by atoms with van der Waals surface area (Å²) in [6.45, 7) is 2.83. The van der Waals surface area contributed by atoms with E-state index in [1.165, 1.54) is 11.6 Å². The van der Waals surface area contributed by atoms with Crippen molar-refractivity contribution in [2.24, 2.45) is 0 Å². The molecule has 0 spiro atoms. The Kier molecular flexibility index (Phi) is 5.59. The molecular formula is C26H21N3O4. The van der Waals surface area contributed by atoms with Crippen molar-refractivity contribution < 1.29 is 13.9 Å². The maximum atomic E-state index is 11.4. The van der Waals surface area contributed by atoms with E-state index in [1.54, 1.807) is 16.8 Å². The van der Waals surface area contributed by atoms with Gasteiger partial charge in [-0.25, -0.2) is 9.48 Å². The Morgan fingerprint density at radius 2 is 1.64 bits per heavy atom. The molecule has 0 bridgehead atoms. The fourth-order valence-corrected chi connectivity index (χ4v) is 3.41. The maximum Gasteiger partial charge on any atom is 0.336 e. The van der Waals surface area contributed by atoms with Gasteiger partial charge in [-0.05, 0) is 60.5 Å². The topological polar surface area (TPSA) is 79.4 Å². The lowest BCUT2D eigenvalue weighted by atomic mass is 10.1. The summed E-state index contributed by atoms with van der Waals surface area (Å²) in [7, 11) is 0. The molecule has 7 heteroatoms. The summed E-state index contributed by atoms with van der Waals surface area (Å²) in [6, 6.07) is 24.3. The summed E-state index contributed by atoms with van der Waals surface area (Å²) in [5, 5.41) is 9.19. The third-order valence-corrected chi connectivity index (χ3v) is 5.28.